The summed E-state index contributed by atoms with van der Waals surface area (Å²) >= 11 is 3.46. The number of benzene rings is 1. The number of halogens is 1. The van der Waals surface area contributed by atoms with Crippen molar-refractivity contribution >= 4 is 22.0 Å². The number of carbonyl (C=O) groups is 1. The van der Waals surface area contributed by atoms with Crippen LogP contribution < -0.4 is 0 Å². The van der Waals surface area contributed by atoms with E-state index < -0.39 is 5.60 Å². The van der Waals surface area contributed by atoms with Crippen molar-refractivity contribution in [2.24, 2.45) is 0 Å². The molecule has 1 heterocycles. The molecule has 1 aromatic carbocycles. The van der Waals surface area contributed by atoms with Crippen LogP contribution in [-0.4, -0.2) is 16.3 Å². The summed E-state index contributed by atoms with van der Waals surface area (Å²) < 4.78 is 7.52. The van der Waals surface area contributed by atoms with Gasteiger partial charge in [0.05, 0.1) is 0 Å². The number of aromatic nitrogens is 1. The first-order chi connectivity index (χ1) is 8.88. The van der Waals surface area contributed by atoms with Gasteiger partial charge in [0.2, 0.25) is 0 Å². The van der Waals surface area contributed by atoms with Crippen molar-refractivity contribution in [3.8, 4) is 11.1 Å². The highest BCUT2D eigenvalue weighted by Gasteiger charge is 2.20. The lowest BCUT2D eigenvalue weighted by Crippen LogP contribution is -2.26. The normalized spacial score (nSPS) is 11.4. The lowest BCUT2D eigenvalue weighted by Gasteiger charge is -2.19. The summed E-state index contributed by atoms with van der Waals surface area (Å²) in [5.74, 6) is 0. The molecular weight excluding hydrogens is 306 g/mol. The van der Waals surface area contributed by atoms with Crippen LogP contribution in [0.3, 0.4) is 0 Å². The molecule has 2 aromatic rings. The van der Waals surface area contributed by atoms with Crippen molar-refractivity contribution in [1.29, 1.82) is 0 Å². The van der Waals surface area contributed by atoms with Gasteiger partial charge in [0.1, 0.15) is 10.2 Å². The van der Waals surface area contributed by atoms with Gasteiger partial charge in [-0.25, -0.2) is 9.36 Å². The third-order valence-corrected chi connectivity index (χ3v) is 3.31. The summed E-state index contributed by atoms with van der Waals surface area (Å²) in [4.78, 5) is 12.0. The van der Waals surface area contributed by atoms with Crippen molar-refractivity contribution in [2.75, 3.05) is 0 Å². The summed E-state index contributed by atoms with van der Waals surface area (Å²) in [6.07, 6.45) is 1.32. The lowest BCUT2D eigenvalue weighted by atomic mass is 10.1. The monoisotopic (exact) mass is 321 g/mol. The molecule has 0 aliphatic rings. The second-order valence-corrected chi connectivity index (χ2v) is 5.99. The van der Waals surface area contributed by atoms with Gasteiger partial charge in [-0.2, -0.15) is 0 Å². The molecule has 2 rings (SSSR count). The lowest BCUT2D eigenvalue weighted by molar-refractivity contribution is 0.0534. The zero-order valence-electron chi connectivity index (χ0n) is 11.2. The highest BCUT2D eigenvalue weighted by atomic mass is 79.9. The van der Waals surface area contributed by atoms with Gasteiger partial charge in [-0.3, -0.25) is 0 Å². The van der Waals surface area contributed by atoms with Gasteiger partial charge < -0.3 is 4.74 Å². The van der Waals surface area contributed by atoms with Crippen molar-refractivity contribution in [3.63, 3.8) is 0 Å². The van der Waals surface area contributed by atoms with Crippen LogP contribution in [0.2, 0.25) is 0 Å². The fraction of sp³-hybridized carbons (Fsp3) is 0.267. The van der Waals surface area contributed by atoms with Gasteiger partial charge in [-0.05, 0) is 48.3 Å². The van der Waals surface area contributed by atoms with Crippen LogP contribution in [-0.2, 0) is 4.74 Å². The number of rotatable bonds is 1. The van der Waals surface area contributed by atoms with E-state index in [4.69, 9.17) is 4.74 Å². The van der Waals surface area contributed by atoms with Gasteiger partial charge in [0.25, 0.3) is 0 Å². The molecule has 3 nitrogen and oxygen atoms in total. The van der Waals surface area contributed by atoms with Crippen LogP contribution >= 0.6 is 15.9 Å². The van der Waals surface area contributed by atoms with Crippen LogP contribution in [0.25, 0.3) is 11.1 Å². The Labute approximate surface area is 121 Å². The molecule has 19 heavy (non-hydrogen) atoms. The Kier molecular flexibility index (Phi) is 3.80. The molecule has 0 amide bonds. The van der Waals surface area contributed by atoms with E-state index in [0.29, 0.717) is 4.60 Å². The van der Waals surface area contributed by atoms with E-state index in [2.05, 4.69) is 15.9 Å². The molecule has 0 aliphatic carbocycles. The zero-order chi connectivity index (χ0) is 14.0. The Bertz CT molecular complexity index is 582. The minimum atomic E-state index is -0.506. The summed E-state index contributed by atoms with van der Waals surface area (Å²) in [6, 6.07) is 11.8. The Morgan fingerprint density at radius 3 is 2.37 bits per heavy atom. The molecule has 0 atom stereocenters. The van der Waals surface area contributed by atoms with Crippen LogP contribution in [0, 0.1) is 0 Å². The molecule has 0 spiro atoms. The molecule has 0 saturated heterocycles. The average Bonchev–Trinajstić information content (AvgIpc) is 2.70. The summed E-state index contributed by atoms with van der Waals surface area (Å²) in [5, 5.41) is 0. The minimum absolute atomic E-state index is 0.387. The van der Waals surface area contributed by atoms with E-state index in [1.54, 1.807) is 6.20 Å². The number of hydrogen-bond acceptors (Lipinski definition) is 2. The van der Waals surface area contributed by atoms with Crippen molar-refractivity contribution in [2.45, 2.75) is 26.4 Å². The minimum Gasteiger partial charge on any atom is -0.443 e. The van der Waals surface area contributed by atoms with E-state index in [1.165, 1.54) is 4.57 Å². The van der Waals surface area contributed by atoms with Crippen molar-refractivity contribution in [1.82, 2.24) is 4.57 Å². The molecule has 0 bridgehead atoms. The topological polar surface area (TPSA) is 31.2 Å². The Hall–Kier alpha value is -1.55. The Balaban J connectivity index is 2.31. The molecule has 0 N–H and O–H groups in total. The summed E-state index contributed by atoms with van der Waals surface area (Å²) in [6.45, 7) is 5.54. The first-order valence-electron chi connectivity index (χ1n) is 6.04. The first kappa shape index (κ1) is 13.9. The van der Waals surface area contributed by atoms with Crippen LogP contribution in [0.5, 0.6) is 0 Å². The largest absolute Gasteiger partial charge is 0.443 e. The molecule has 0 unspecified atom stereocenters. The molecule has 0 radical (unpaired) electrons. The summed E-state index contributed by atoms with van der Waals surface area (Å²) in [7, 11) is 0. The zero-order valence-corrected chi connectivity index (χ0v) is 12.8. The van der Waals surface area contributed by atoms with E-state index >= 15 is 0 Å². The first-order valence-corrected chi connectivity index (χ1v) is 6.83. The fourth-order valence-corrected chi connectivity index (χ4v) is 2.32. The molecule has 1 aromatic heterocycles. The number of carbonyl (C=O) groups excluding carboxylic acids is 1. The fourth-order valence-electron chi connectivity index (χ4n) is 1.70. The average molecular weight is 322 g/mol. The molecule has 100 valence electrons. The van der Waals surface area contributed by atoms with Gasteiger partial charge in [-0.15, -0.1) is 0 Å². The predicted molar refractivity (Wildman–Crippen MR) is 79.2 cm³/mol. The second kappa shape index (κ2) is 5.21. The maximum absolute atomic E-state index is 12.0. The quantitative estimate of drug-likeness (QED) is 0.762. The van der Waals surface area contributed by atoms with E-state index in [9.17, 15) is 4.79 Å². The third kappa shape index (κ3) is 3.26. The van der Waals surface area contributed by atoms with Crippen LogP contribution in [0.1, 0.15) is 20.8 Å². The van der Waals surface area contributed by atoms with Crippen LogP contribution in [0.4, 0.5) is 4.79 Å². The standard InChI is InChI=1S/C15H16BrNO2/c1-15(2,3)19-14(18)17-10-9-12(13(17)16)11-7-5-4-6-8-11/h4-10H,1-3H3. The van der Waals surface area contributed by atoms with E-state index in [1.807, 2.05) is 57.2 Å². The van der Waals surface area contributed by atoms with E-state index in [-0.39, 0.29) is 6.09 Å². The number of hydrogen-bond donors (Lipinski definition) is 0. The molecule has 0 aliphatic heterocycles. The van der Waals surface area contributed by atoms with Crippen LogP contribution in [0.15, 0.2) is 47.2 Å². The molecule has 0 saturated carbocycles. The number of ether oxygens (including phenoxy) is 1. The maximum atomic E-state index is 12.0. The smallest absolute Gasteiger partial charge is 0.419 e. The van der Waals surface area contributed by atoms with Gasteiger partial charge >= 0.3 is 6.09 Å². The van der Waals surface area contributed by atoms with Gasteiger partial charge in [-0.1, -0.05) is 30.3 Å². The van der Waals surface area contributed by atoms with Crippen molar-refractivity contribution in [3.05, 3.63) is 47.2 Å². The van der Waals surface area contributed by atoms with Crippen molar-refractivity contribution < 1.29 is 9.53 Å². The van der Waals surface area contributed by atoms with E-state index in [0.717, 1.165) is 11.1 Å². The summed E-state index contributed by atoms with van der Waals surface area (Å²) in [5.41, 5.74) is 1.51. The molecular formula is C15H16BrNO2. The Morgan fingerprint density at radius 1 is 1.16 bits per heavy atom. The van der Waals surface area contributed by atoms with Gasteiger partial charge in [0.15, 0.2) is 0 Å². The highest BCUT2D eigenvalue weighted by Crippen LogP contribution is 2.29. The third-order valence-electron chi connectivity index (χ3n) is 2.50. The molecule has 4 heteroatoms. The maximum Gasteiger partial charge on any atom is 0.419 e. The molecule has 0 fully saturated rings. The Morgan fingerprint density at radius 2 is 1.79 bits per heavy atom. The van der Waals surface area contributed by atoms with Gasteiger partial charge in [0, 0.05) is 11.8 Å². The predicted octanol–water partition coefficient (Wildman–Crippen LogP) is 4.70. The second-order valence-electron chi connectivity index (χ2n) is 5.24. The number of nitrogens with zero attached hydrogens (tertiary/aromatic N) is 1. The SMILES string of the molecule is CC(C)(C)OC(=O)n1ccc(-c2ccccc2)c1Br. The highest BCUT2D eigenvalue weighted by molar-refractivity contribution is 9.10.